The summed E-state index contributed by atoms with van der Waals surface area (Å²) in [4.78, 5) is 2.46. The molecule has 3 rings (SSSR count). The van der Waals surface area contributed by atoms with Gasteiger partial charge in [-0.25, -0.2) is 4.39 Å². The van der Waals surface area contributed by atoms with Crippen molar-refractivity contribution in [2.45, 2.75) is 84.2 Å². The Hall–Kier alpha value is -1.97. The topological polar surface area (TPSA) is 23.5 Å². The molecule has 2 nitrogen and oxygen atoms in total. The van der Waals surface area contributed by atoms with Crippen LogP contribution in [0.1, 0.15) is 89.7 Å². The van der Waals surface area contributed by atoms with Gasteiger partial charge in [0, 0.05) is 6.54 Å². The second-order valence-corrected chi connectivity index (χ2v) is 9.52. The van der Waals surface area contributed by atoms with E-state index in [0.29, 0.717) is 6.54 Å². The van der Waals surface area contributed by atoms with E-state index in [1.165, 1.54) is 70.3 Å². The number of fused-ring (bicyclic) bond motifs is 3. The predicted molar refractivity (Wildman–Crippen MR) is 140 cm³/mol. The van der Waals surface area contributed by atoms with E-state index in [9.17, 15) is 9.50 Å². The number of rotatable bonds is 15. The van der Waals surface area contributed by atoms with Gasteiger partial charge < -0.3 is 10.0 Å². The lowest BCUT2D eigenvalue weighted by atomic mass is 9.94. The maximum absolute atomic E-state index is 13.9. The summed E-state index contributed by atoms with van der Waals surface area (Å²) in [5.74, 6) is -0.224. The number of nitrogens with zero attached hydrogens (tertiary/aromatic N) is 1. The van der Waals surface area contributed by atoms with Gasteiger partial charge in [-0.1, -0.05) is 95.5 Å². The Morgan fingerprint density at radius 1 is 0.727 bits per heavy atom. The lowest BCUT2D eigenvalue weighted by Crippen LogP contribution is -2.31. The molecule has 180 valence electrons. The zero-order valence-electron chi connectivity index (χ0n) is 20.7. The molecule has 1 unspecified atom stereocenters. The van der Waals surface area contributed by atoms with E-state index < -0.39 is 6.10 Å². The average molecular weight is 452 g/mol. The van der Waals surface area contributed by atoms with Crippen molar-refractivity contribution < 1.29 is 9.50 Å². The van der Waals surface area contributed by atoms with Gasteiger partial charge in [0.05, 0.1) is 6.10 Å². The van der Waals surface area contributed by atoms with Crippen molar-refractivity contribution in [2.24, 2.45) is 0 Å². The third-order valence-corrected chi connectivity index (χ3v) is 6.80. The van der Waals surface area contributed by atoms with Crippen LogP contribution in [-0.2, 0) is 0 Å². The zero-order chi connectivity index (χ0) is 23.5. The maximum Gasteiger partial charge on any atom is 0.123 e. The Labute approximate surface area is 199 Å². The Bertz CT molecular complexity index is 972. The van der Waals surface area contributed by atoms with Gasteiger partial charge >= 0.3 is 0 Å². The summed E-state index contributed by atoms with van der Waals surface area (Å²) < 4.78 is 13.9. The second kappa shape index (κ2) is 13.7. The van der Waals surface area contributed by atoms with E-state index in [1.807, 2.05) is 24.3 Å². The predicted octanol–water partition coefficient (Wildman–Crippen LogP) is 8.41. The molecular formula is C30H42FNO. The first-order chi connectivity index (χ1) is 16.1. The Morgan fingerprint density at radius 2 is 1.33 bits per heavy atom. The molecule has 1 N–H and O–H groups in total. The monoisotopic (exact) mass is 451 g/mol. The minimum Gasteiger partial charge on any atom is -0.387 e. The average Bonchev–Trinajstić information content (AvgIpc) is 2.83. The SMILES string of the molecule is CCCCCCCN(CCCCCCC)CC(O)c1cc2ccc(F)cc2c2ccccc12. The van der Waals surface area contributed by atoms with Crippen LogP contribution < -0.4 is 0 Å². The highest BCUT2D eigenvalue weighted by molar-refractivity contribution is 6.09. The van der Waals surface area contributed by atoms with Gasteiger partial charge in [0.2, 0.25) is 0 Å². The van der Waals surface area contributed by atoms with Crippen molar-refractivity contribution in [2.75, 3.05) is 19.6 Å². The molecule has 0 aliphatic rings. The van der Waals surface area contributed by atoms with E-state index >= 15 is 0 Å². The number of halogens is 1. The first kappa shape index (κ1) is 25.6. The summed E-state index contributed by atoms with van der Waals surface area (Å²) >= 11 is 0. The standard InChI is InChI=1S/C30H42FNO/c1-3-5-7-9-13-19-32(20-14-10-8-6-4-2)23-30(33)29-21-24-17-18-25(31)22-28(24)26-15-11-12-16-27(26)29/h11-12,15-18,21-22,30,33H,3-10,13-14,19-20,23H2,1-2H3. The van der Waals surface area contributed by atoms with Crippen LogP contribution in [-0.4, -0.2) is 29.6 Å². The van der Waals surface area contributed by atoms with Gasteiger partial charge in [-0.2, -0.15) is 0 Å². The lowest BCUT2D eigenvalue weighted by molar-refractivity contribution is 0.111. The van der Waals surface area contributed by atoms with E-state index in [1.54, 1.807) is 6.07 Å². The van der Waals surface area contributed by atoms with Crippen LogP contribution in [0.15, 0.2) is 48.5 Å². The molecule has 0 bridgehead atoms. The lowest BCUT2D eigenvalue weighted by Gasteiger charge is -2.26. The first-order valence-electron chi connectivity index (χ1n) is 13.1. The molecular weight excluding hydrogens is 409 g/mol. The molecule has 0 amide bonds. The summed E-state index contributed by atoms with van der Waals surface area (Å²) in [7, 11) is 0. The van der Waals surface area contributed by atoms with Gasteiger partial charge in [-0.3, -0.25) is 0 Å². The first-order valence-corrected chi connectivity index (χ1v) is 13.1. The summed E-state index contributed by atoms with van der Waals surface area (Å²) in [6.45, 7) is 7.25. The van der Waals surface area contributed by atoms with Crippen molar-refractivity contribution in [1.82, 2.24) is 4.90 Å². The van der Waals surface area contributed by atoms with Crippen LogP contribution in [0.4, 0.5) is 4.39 Å². The summed E-state index contributed by atoms with van der Waals surface area (Å²) in [6.07, 6.45) is 12.1. The third-order valence-electron chi connectivity index (χ3n) is 6.80. The van der Waals surface area contributed by atoms with Crippen LogP contribution in [0.25, 0.3) is 21.5 Å². The van der Waals surface area contributed by atoms with Gasteiger partial charge in [-0.05, 0) is 71.2 Å². The summed E-state index contributed by atoms with van der Waals surface area (Å²) in [5.41, 5.74) is 0.951. The molecule has 3 aromatic carbocycles. The molecule has 0 saturated heterocycles. The number of hydrogen-bond acceptors (Lipinski definition) is 2. The number of aliphatic hydroxyl groups excluding tert-OH is 1. The Morgan fingerprint density at radius 3 is 1.97 bits per heavy atom. The van der Waals surface area contributed by atoms with E-state index in [4.69, 9.17) is 0 Å². The highest BCUT2D eigenvalue weighted by atomic mass is 19.1. The quantitative estimate of drug-likeness (QED) is 0.185. The molecule has 0 heterocycles. The maximum atomic E-state index is 13.9. The molecule has 33 heavy (non-hydrogen) atoms. The van der Waals surface area contributed by atoms with Gasteiger partial charge in [0.25, 0.3) is 0 Å². The summed E-state index contributed by atoms with van der Waals surface area (Å²) in [6, 6.07) is 15.1. The fraction of sp³-hybridized carbons (Fsp3) is 0.533. The molecule has 0 saturated carbocycles. The minimum absolute atomic E-state index is 0.224. The molecule has 0 fully saturated rings. The molecule has 3 aromatic rings. The summed E-state index contributed by atoms with van der Waals surface area (Å²) in [5, 5.41) is 15.3. The Kier molecular flexibility index (Phi) is 10.6. The van der Waals surface area contributed by atoms with Crippen molar-refractivity contribution in [3.05, 3.63) is 59.9 Å². The molecule has 0 aliphatic heterocycles. The third kappa shape index (κ3) is 7.52. The smallest absolute Gasteiger partial charge is 0.123 e. The number of aliphatic hydroxyl groups is 1. The zero-order valence-corrected chi connectivity index (χ0v) is 20.7. The highest BCUT2D eigenvalue weighted by Crippen LogP contribution is 2.33. The number of unbranched alkanes of at least 4 members (excludes halogenated alkanes) is 8. The van der Waals surface area contributed by atoms with Crippen molar-refractivity contribution in [3.8, 4) is 0 Å². The fourth-order valence-corrected chi connectivity index (χ4v) is 4.89. The molecule has 3 heteroatoms. The molecule has 0 aliphatic carbocycles. The van der Waals surface area contributed by atoms with Gasteiger partial charge in [0.1, 0.15) is 5.82 Å². The highest BCUT2D eigenvalue weighted by Gasteiger charge is 2.17. The minimum atomic E-state index is -0.560. The van der Waals surface area contributed by atoms with Crippen molar-refractivity contribution >= 4 is 21.5 Å². The largest absolute Gasteiger partial charge is 0.387 e. The van der Waals surface area contributed by atoms with Crippen LogP contribution in [0, 0.1) is 5.82 Å². The number of hydrogen-bond donors (Lipinski definition) is 1. The fourth-order valence-electron chi connectivity index (χ4n) is 4.89. The Balaban J connectivity index is 1.76. The van der Waals surface area contributed by atoms with Crippen molar-refractivity contribution in [3.63, 3.8) is 0 Å². The van der Waals surface area contributed by atoms with E-state index in [2.05, 4.69) is 30.9 Å². The molecule has 0 radical (unpaired) electrons. The van der Waals surface area contributed by atoms with Crippen molar-refractivity contribution in [1.29, 1.82) is 0 Å². The molecule has 0 aromatic heterocycles. The van der Waals surface area contributed by atoms with E-state index in [0.717, 1.165) is 40.2 Å². The van der Waals surface area contributed by atoms with Crippen LogP contribution in [0.2, 0.25) is 0 Å². The van der Waals surface area contributed by atoms with Gasteiger partial charge in [0.15, 0.2) is 0 Å². The number of benzene rings is 3. The molecule has 1 atom stereocenters. The molecule has 0 spiro atoms. The van der Waals surface area contributed by atoms with Crippen LogP contribution >= 0.6 is 0 Å². The van der Waals surface area contributed by atoms with Crippen LogP contribution in [0.5, 0.6) is 0 Å². The van der Waals surface area contributed by atoms with Crippen LogP contribution in [0.3, 0.4) is 0 Å². The normalized spacial score (nSPS) is 12.8. The second-order valence-electron chi connectivity index (χ2n) is 9.52. The van der Waals surface area contributed by atoms with Gasteiger partial charge in [-0.15, -0.1) is 0 Å². The van der Waals surface area contributed by atoms with E-state index in [-0.39, 0.29) is 5.82 Å².